The van der Waals surface area contributed by atoms with Crippen molar-refractivity contribution in [1.82, 2.24) is 0 Å². The zero-order valence-electron chi connectivity index (χ0n) is 22.4. The lowest BCUT2D eigenvalue weighted by atomic mass is 9.31. The van der Waals surface area contributed by atoms with Crippen molar-refractivity contribution in [2.24, 2.45) is 62.6 Å². The zero-order chi connectivity index (χ0) is 22.4. The van der Waals surface area contributed by atoms with Crippen LogP contribution in [-0.4, -0.2) is 0 Å². The fraction of sp³-hybridized carbons (Fsp3) is 1.00. The van der Waals surface area contributed by atoms with Crippen LogP contribution < -0.4 is 0 Å². The summed E-state index contributed by atoms with van der Waals surface area (Å²) in [4.78, 5) is 0. The maximum atomic E-state index is 2.82. The molecule has 0 aromatic carbocycles. The van der Waals surface area contributed by atoms with Gasteiger partial charge in [0.25, 0.3) is 0 Å². The molecule has 0 saturated heterocycles. The highest BCUT2D eigenvalue weighted by molar-refractivity contribution is 5.18. The molecule has 0 heterocycles. The monoisotopic (exact) mass is 426 g/mol. The fourth-order valence-electron chi connectivity index (χ4n) is 12.3. The van der Waals surface area contributed by atoms with Crippen LogP contribution in [0.25, 0.3) is 0 Å². The average molecular weight is 427 g/mol. The Bertz CT molecular complexity index is 705. The number of fused-ring (bicyclic) bond motifs is 7. The summed E-state index contributed by atoms with van der Waals surface area (Å²) in [6, 6.07) is 0. The second-order valence-electron chi connectivity index (χ2n) is 15.3. The van der Waals surface area contributed by atoms with Gasteiger partial charge in [0, 0.05) is 0 Å². The molecule has 0 N–H and O–H groups in total. The predicted molar refractivity (Wildman–Crippen MR) is 134 cm³/mol. The van der Waals surface area contributed by atoms with Gasteiger partial charge in [-0.1, -0.05) is 68.2 Å². The van der Waals surface area contributed by atoms with Crippen LogP contribution in [0.2, 0.25) is 0 Å². The third-order valence-electron chi connectivity index (χ3n) is 14.1. The van der Waals surface area contributed by atoms with Crippen LogP contribution in [-0.2, 0) is 0 Å². The van der Waals surface area contributed by atoms with Crippen molar-refractivity contribution in [2.75, 3.05) is 0 Å². The smallest absolute Gasteiger partial charge is 0.0235 e. The lowest BCUT2D eigenvalue weighted by Gasteiger charge is -2.73. The lowest BCUT2D eigenvalue weighted by Crippen LogP contribution is -2.66. The van der Waals surface area contributed by atoms with Crippen LogP contribution in [0.4, 0.5) is 0 Å². The first kappa shape index (κ1) is 22.8. The fourth-order valence-corrected chi connectivity index (χ4v) is 12.3. The van der Waals surface area contributed by atoms with Crippen LogP contribution in [0.15, 0.2) is 0 Å². The number of rotatable bonds is 1. The van der Waals surface area contributed by atoms with Gasteiger partial charge in [0.15, 0.2) is 0 Å². The van der Waals surface area contributed by atoms with Crippen LogP contribution in [0.1, 0.15) is 132 Å². The van der Waals surface area contributed by atoms with Crippen molar-refractivity contribution in [2.45, 2.75) is 132 Å². The van der Waals surface area contributed by atoms with Crippen molar-refractivity contribution in [3.63, 3.8) is 0 Å². The van der Waals surface area contributed by atoms with Gasteiger partial charge in [-0.3, -0.25) is 0 Å². The summed E-state index contributed by atoms with van der Waals surface area (Å²) in [5.74, 6) is 5.81. The highest BCUT2D eigenvalue weighted by atomic mass is 14.7. The molecule has 0 radical (unpaired) electrons. The predicted octanol–water partition coefficient (Wildman–Crippen LogP) is 9.52. The largest absolute Gasteiger partial charge is 0.0651 e. The molecule has 31 heavy (non-hydrogen) atoms. The van der Waals surface area contributed by atoms with E-state index in [-0.39, 0.29) is 0 Å². The van der Waals surface area contributed by atoms with Gasteiger partial charge in [0.1, 0.15) is 0 Å². The highest BCUT2D eigenvalue weighted by Crippen LogP contribution is 2.77. The molecule has 5 aliphatic carbocycles. The molecule has 0 aliphatic heterocycles. The summed E-state index contributed by atoms with van der Waals surface area (Å²) >= 11 is 0. The van der Waals surface area contributed by atoms with Gasteiger partial charge < -0.3 is 0 Å². The van der Waals surface area contributed by atoms with E-state index in [1.807, 2.05) is 0 Å². The standard InChI is InChI=1S/C31H54/c1-9-22-13-17-28(5)19-20-30(7)23(26(28)21(22)2)11-12-25-29(6)16-10-15-27(3,4)24(29)14-18-31(25,30)8/h21-26H,9-20H2,1-8H3/t21-,22+,23+,24-,25+,26-,28+,29-,30+,31+/m0/s1. The van der Waals surface area contributed by atoms with Gasteiger partial charge in [-0.05, 0) is 127 Å². The Labute approximate surface area is 195 Å². The summed E-state index contributed by atoms with van der Waals surface area (Å²) in [5.41, 5.74) is 2.91. The van der Waals surface area contributed by atoms with Crippen molar-refractivity contribution in [3.05, 3.63) is 0 Å². The van der Waals surface area contributed by atoms with Gasteiger partial charge in [0.2, 0.25) is 0 Å². The van der Waals surface area contributed by atoms with Gasteiger partial charge in [-0.15, -0.1) is 0 Å². The van der Waals surface area contributed by atoms with Crippen LogP contribution in [0.3, 0.4) is 0 Å². The Hall–Kier alpha value is 0. The van der Waals surface area contributed by atoms with E-state index in [2.05, 4.69) is 55.4 Å². The third-order valence-corrected chi connectivity index (χ3v) is 14.1. The summed E-state index contributed by atoms with van der Waals surface area (Å²) < 4.78 is 0. The topological polar surface area (TPSA) is 0 Å². The SMILES string of the molecule is CC[C@@H]1CC[C@]2(C)CC[C@]3(C)[C@H](CC[C@@H]4[C@@]5(C)CCCC(C)(C)[C@@H]5CC[C@]43C)[C@@H]2[C@H]1C. The highest BCUT2D eigenvalue weighted by Gasteiger charge is 2.69. The van der Waals surface area contributed by atoms with E-state index in [0.29, 0.717) is 27.1 Å². The lowest BCUT2D eigenvalue weighted by molar-refractivity contribution is -0.247. The first-order valence-corrected chi connectivity index (χ1v) is 14.4. The molecular formula is C31H54. The quantitative estimate of drug-likeness (QED) is 0.391. The normalized spacial score (nSPS) is 58.5. The molecule has 0 nitrogen and oxygen atoms in total. The molecule has 0 bridgehead atoms. The Morgan fingerprint density at radius 1 is 0.677 bits per heavy atom. The second-order valence-corrected chi connectivity index (χ2v) is 15.3. The molecule has 5 aliphatic rings. The molecule has 5 rings (SSSR count). The molecule has 0 amide bonds. The van der Waals surface area contributed by atoms with Gasteiger partial charge in [0.05, 0.1) is 0 Å². The molecule has 0 unspecified atom stereocenters. The van der Waals surface area contributed by atoms with Gasteiger partial charge in [-0.2, -0.15) is 0 Å². The summed E-state index contributed by atoms with van der Waals surface area (Å²) in [6.45, 7) is 21.5. The van der Waals surface area contributed by atoms with E-state index in [1.165, 1.54) is 70.6 Å². The zero-order valence-corrected chi connectivity index (χ0v) is 22.4. The molecule has 178 valence electrons. The molecule has 0 heteroatoms. The van der Waals surface area contributed by atoms with Crippen molar-refractivity contribution in [1.29, 1.82) is 0 Å². The van der Waals surface area contributed by atoms with E-state index in [1.54, 1.807) is 6.42 Å². The summed E-state index contributed by atoms with van der Waals surface area (Å²) in [6.07, 6.45) is 18.0. The third kappa shape index (κ3) is 2.84. The molecule has 10 atom stereocenters. The van der Waals surface area contributed by atoms with Crippen molar-refractivity contribution in [3.8, 4) is 0 Å². The second kappa shape index (κ2) is 7.01. The Morgan fingerprint density at radius 3 is 2.13 bits per heavy atom. The molecule has 5 fully saturated rings. The van der Waals surface area contributed by atoms with Gasteiger partial charge in [-0.25, -0.2) is 0 Å². The van der Waals surface area contributed by atoms with Crippen LogP contribution >= 0.6 is 0 Å². The first-order chi connectivity index (χ1) is 14.4. The van der Waals surface area contributed by atoms with E-state index in [0.717, 1.165) is 35.5 Å². The Kier molecular flexibility index (Phi) is 5.15. The van der Waals surface area contributed by atoms with Crippen molar-refractivity contribution >= 4 is 0 Å². The van der Waals surface area contributed by atoms with E-state index in [4.69, 9.17) is 0 Å². The Balaban J connectivity index is 1.53. The maximum absolute atomic E-state index is 2.82. The molecule has 0 spiro atoms. The van der Waals surface area contributed by atoms with Crippen molar-refractivity contribution < 1.29 is 0 Å². The maximum Gasteiger partial charge on any atom is -0.0235 e. The molecule has 5 saturated carbocycles. The number of hydrogen-bond donors (Lipinski definition) is 0. The average Bonchev–Trinajstić information content (AvgIpc) is 2.68. The minimum atomic E-state index is 0.559. The summed E-state index contributed by atoms with van der Waals surface area (Å²) in [7, 11) is 0. The van der Waals surface area contributed by atoms with E-state index in [9.17, 15) is 0 Å². The van der Waals surface area contributed by atoms with Crippen LogP contribution in [0, 0.1) is 62.6 Å². The molecule has 0 aromatic rings. The molecule has 0 aromatic heterocycles. The minimum Gasteiger partial charge on any atom is -0.0651 e. The van der Waals surface area contributed by atoms with E-state index >= 15 is 0 Å². The summed E-state index contributed by atoms with van der Waals surface area (Å²) in [5, 5.41) is 0. The Morgan fingerprint density at radius 2 is 1.42 bits per heavy atom. The van der Waals surface area contributed by atoms with E-state index < -0.39 is 0 Å². The number of hydrogen-bond acceptors (Lipinski definition) is 0. The minimum absolute atomic E-state index is 0.559. The first-order valence-electron chi connectivity index (χ1n) is 14.4. The molecular weight excluding hydrogens is 372 g/mol. The van der Waals surface area contributed by atoms with Gasteiger partial charge >= 0.3 is 0 Å². The van der Waals surface area contributed by atoms with Crippen LogP contribution in [0.5, 0.6) is 0 Å².